The molecular formula is C22H24N4O5. The maximum atomic E-state index is 13.2. The van der Waals surface area contributed by atoms with Gasteiger partial charge in [0.1, 0.15) is 0 Å². The molecule has 0 fully saturated rings. The Labute approximate surface area is 180 Å². The van der Waals surface area contributed by atoms with E-state index in [1.807, 2.05) is 6.92 Å². The van der Waals surface area contributed by atoms with Crippen LogP contribution in [0.1, 0.15) is 45.7 Å². The lowest BCUT2D eigenvalue weighted by atomic mass is 10.00. The molecule has 0 aromatic heterocycles. The van der Waals surface area contributed by atoms with Crippen molar-refractivity contribution in [2.45, 2.75) is 19.4 Å². The summed E-state index contributed by atoms with van der Waals surface area (Å²) in [6, 6.07) is 10.2. The maximum absolute atomic E-state index is 13.2. The van der Waals surface area contributed by atoms with E-state index in [-0.39, 0.29) is 17.5 Å². The highest BCUT2D eigenvalue weighted by Gasteiger charge is 2.25. The van der Waals surface area contributed by atoms with Crippen LogP contribution < -0.4 is 20.5 Å². The lowest BCUT2D eigenvalue weighted by Gasteiger charge is -2.28. The second-order valence-corrected chi connectivity index (χ2v) is 6.55. The highest BCUT2D eigenvalue weighted by Crippen LogP contribution is 2.34. The molecular weight excluding hydrogens is 400 g/mol. The molecule has 9 nitrogen and oxygen atoms in total. The van der Waals surface area contributed by atoms with E-state index in [1.54, 1.807) is 25.2 Å². The van der Waals surface area contributed by atoms with Crippen LogP contribution in [-0.2, 0) is 0 Å². The zero-order valence-electron chi connectivity index (χ0n) is 17.5. The molecule has 0 spiro atoms. The minimum absolute atomic E-state index is 0.0257. The summed E-state index contributed by atoms with van der Waals surface area (Å²) in [5.41, 5.74) is 6.28. The van der Waals surface area contributed by atoms with Gasteiger partial charge in [-0.05, 0) is 42.8 Å². The molecule has 0 aliphatic heterocycles. The van der Waals surface area contributed by atoms with Crippen LogP contribution in [0.2, 0.25) is 0 Å². The summed E-state index contributed by atoms with van der Waals surface area (Å²) < 4.78 is 10.9. The highest BCUT2D eigenvalue weighted by atomic mass is 16.5. The van der Waals surface area contributed by atoms with Crippen molar-refractivity contribution in [1.82, 2.24) is 4.90 Å². The predicted molar refractivity (Wildman–Crippen MR) is 114 cm³/mol. The third-order valence-electron chi connectivity index (χ3n) is 4.62. The standard InChI is InChI=1S/C22H24N4O5/c1-4-31-20-12-14(5-8-19(20)30-3)18(9-10-23)26(2)21(28)17-7-6-16(25-22(24)29)11-15(17)13-27/h5-8,11-13,18H,4,9H2,1-3H3,(H3,24,25,29). The van der Waals surface area contributed by atoms with Gasteiger partial charge in [-0.2, -0.15) is 5.26 Å². The smallest absolute Gasteiger partial charge is 0.316 e. The summed E-state index contributed by atoms with van der Waals surface area (Å²) in [6.07, 6.45) is 0.547. The monoisotopic (exact) mass is 424 g/mol. The van der Waals surface area contributed by atoms with Gasteiger partial charge in [-0.25, -0.2) is 4.79 Å². The topological polar surface area (TPSA) is 135 Å². The number of carbonyl (C=O) groups is 3. The summed E-state index contributed by atoms with van der Waals surface area (Å²) in [6.45, 7) is 2.26. The van der Waals surface area contributed by atoms with Gasteiger partial charge in [-0.1, -0.05) is 6.07 Å². The van der Waals surface area contributed by atoms with E-state index in [1.165, 1.54) is 30.2 Å². The van der Waals surface area contributed by atoms with Gasteiger partial charge in [0, 0.05) is 18.3 Å². The van der Waals surface area contributed by atoms with Crippen molar-refractivity contribution in [2.24, 2.45) is 5.73 Å². The Balaban J connectivity index is 2.42. The Hall–Kier alpha value is -4.06. The van der Waals surface area contributed by atoms with Crippen molar-refractivity contribution in [1.29, 1.82) is 5.26 Å². The summed E-state index contributed by atoms with van der Waals surface area (Å²) in [5.74, 6) is 0.583. The summed E-state index contributed by atoms with van der Waals surface area (Å²) >= 11 is 0. The Morgan fingerprint density at radius 2 is 2.00 bits per heavy atom. The number of nitriles is 1. The third kappa shape index (κ3) is 5.51. The number of aldehydes is 1. The number of hydrogen-bond acceptors (Lipinski definition) is 6. The average Bonchev–Trinajstić information content (AvgIpc) is 2.76. The van der Waals surface area contributed by atoms with E-state index in [0.29, 0.717) is 35.6 Å². The van der Waals surface area contributed by atoms with Crippen LogP contribution in [0, 0.1) is 11.3 Å². The molecule has 0 aliphatic rings. The number of benzene rings is 2. The largest absolute Gasteiger partial charge is 0.493 e. The Bertz CT molecular complexity index is 1020. The molecule has 1 atom stereocenters. The fraction of sp³-hybridized carbons (Fsp3) is 0.273. The molecule has 0 bridgehead atoms. The molecule has 2 rings (SSSR count). The molecule has 2 aromatic rings. The maximum Gasteiger partial charge on any atom is 0.316 e. The number of hydrogen-bond donors (Lipinski definition) is 2. The summed E-state index contributed by atoms with van der Waals surface area (Å²) in [4.78, 5) is 37.1. The molecule has 31 heavy (non-hydrogen) atoms. The second-order valence-electron chi connectivity index (χ2n) is 6.55. The predicted octanol–water partition coefficient (Wildman–Crippen LogP) is 3.12. The summed E-state index contributed by atoms with van der Waals surface area (Å²) in [7, 11) is 3.08. The molecule has 0 aliphatic carbocycles. The van der Waals surface area contributed by atoms with Gasteiger partial charge < -0.3 is 25.4 Å². The SMILES string of the molecule is CCOc1cc(C(CC#N)N(C)C(=O)c2ccc(NC(N)=O)cc2C=O)ccc1OC. The number of nitrogens with zero attached hydrogens (tertiary/aromatic N) is 2. The fourth-order valence-electron chi connectivity index (χ4n) is 3.14. The van der Waals surface area contributed by atoms with Crippen LogP contribution in [-0.4, -0.2) is 43.9 Å². The third-order valence-corrected chi connectivity index (χ3v) is 4.62. The van der Waals surface area contributed by atoms with Gasteiger partial charge in [0.2, 0.25) is 0 Å². The van der Waals surface area contributed by atoms with Gasteiger partial charge in [0.15, 0.2) is 17.8 Å². The Morgan fingerprint density at radius 3 is 2.58 bits per heavy atom. The first-order valence-corrected chi connectivity index (χ1v) is 9.46. The number of rotatable bonds is 9. The fourth-order valence-corrected chi connectivity index (χ4v) is 3.14. The van der Waals surface area contributed by atoms with Crippen LogP contribution in [0.25, 0.3) is 0 Å². The summed E-state index contributed by atoms with van der Waals surface area (Å²) in [5, 5.41) is 11.7. The van der Waals surface area contributed by atoms with Crippen LogP contribution >= 0.6 is 0 Å². The molecule has 0 radical (unpaired) electrons. The van der Waals surface area contributed by atoms with E-state index >= 15 is 0 Å². The Morgan fingerprint density at radius 1 is 1.26 bits per heavy atom. The zero-order valence-corrected chi connectivity index (χ0v) is 17.5. The number of amides is 3. The van der Waals surface area contributed by atoms with E-state index in [9.17, 15) is 19.6 Å². The molecule has 0 saturated carbocycles. The molecule has 1 unspecified atom stereocenters. The molecule has 3 N–H and O–H groups in total. The van der Waals surface area contributed by atoms with Crippen molar-refractivity contribution in [3.63, 3.8) is 0 Å². The number of ether oxygens (including phenoxy) is 2. The zero-order chi connectivity index (χ0) is 23.0. The van der Waals surface area contributed by atoms with E-state index in [0.717, 1.165) is 0 Å². The molecule has 2 aromatic carbocycles. The number of nitrogens with two attached hydrogens (primary N) is 1. The van der Waals surface area contributed by atoms with Crippen LogP contribution in [0.3, 0.4) is 0 Å². The van der Waals surface area contributed by atoms with Crippen LogP contribution in [0.15, 0.2) is 36.4 Å². The van der Waals surface area contributed by atoms with Gasteiger partial charge in [-0.3, -0.25) is 9.59 Å². The molecule has 0 saturated heterocycles. The first-order chi connectivity index (χ1) is 14.9. The van der Waals surface area contributed by atoms with Gasteiger partial charge in [0.25, 0.3) is 5.91 Å². The van der Waals surface area contributed by atoms with Crippen molar-refractivity contribution in [3.8, 4) is 17.6 Å². The molecule has 0 heterocycles. The lowest BCUT2D eigenvalue weighted by molar-refractivity contribution is 0.0729. The molecule has 3 amide bonds. The molecule has 9 heteroatoms. The van der Waals surface area contributed by atoms with Gasteiger partial charge in [0.05, 0.1) is 37.8 Å². The Kier molecular flexibility index (Phi) is 7.97. The van der Waals surface area contributed by atoms with E-state index in [2.05, 4.69) is 11.4 Å². The quantitative estimate of drug-likeness (QED) is 0.594. The second kappa shape index (κ2) is 10.6. The molecule has 162 valence electrons. The number of methoxy groups -OCH3 is 1. The van der Waals surface area contributed by atoms with E-state index < -0.39 is 18.0 Å². The first-order valence-electron chi connectivity index (χ1n) is 9.46. The van der Waals surface area contributed by atoms with Crippen LogP contribution in [0.4, 0.5) is 10.5 Å². The van der Waals surface area contributed by atoms with Crippen molar-refractivity contribution >= 4 is 23.9 Å². The van der Waals surface area contributed by atoms with Gasteiger partial charge >= 0.3 is 6.03 Å². The van der Waals surface area contributed by atoms with Crippen molar-refractivity contribution in [3.05, 3.63) is 53.1 Å². The first kappa shape index (κ1) is 23.2. The van der Waals surface area contributed by atoms with Gasteiger partial charge in [-0.15, -0.1) is 0 Å². The number of nitrogens with one attached hydrogen (secondary N) is 1. The number of primary amides is 1. The van der Waals surface area contributed by atoms with Crippen LogP contribution in [0.5, 0.6) is 11.5 Å². The van der Waals surface area contributed by atoms with E-state index in [4.69, 9.17) is 15.2 Å². The highest BCUT2D eigenvalue weighted by molar-refractivity contribution is 6.02. The minimum Gasteiger partial charge on any atom is -0.493 e. The van der Waals surface area contributed by atoms with Crippen molar-refractivity contribution < 1.29 is 23.9 Å². The van der Waals surface area contributed by atoms with Crippen molar-refractivity contribution in [2.75, 3.05) is 26.1 Å². The number of urea groups is 1. The minimum atomic E-state index is -0.785. The lowest BCUT2D eigenvalue weighted by Crippen LogP contribution is -2.32. The normalized spacial score (nSPS) is 11.0. The number of anilines is 1. The number of carbonyl (C=O) groups excluding carboxylic acids is 3. The average molecular weight is 424 g/mol.